The highest BCUT2D eigenvalue weighted by Gasteiger charge is 2.30. The SMILES string of the molecule is Cc1ccc(C(F)(F)F)cc1NC(=O)CCC(C)N. The number of halogens is 3. The zero-order chi connectivity index (χ0) is 14.6. The van der Waals surface area contributed by atoms with E-state index in [2.05, 4.69) is 5.32 Å². The van der Waals surface area contributed by atoms with E-state index in [0.717, 1.165) is 12.1 Å². The molecule has 1 aromatic rings. The van der Waals surface area contributed by atoms with Crippen molar-refractivity contribution in [3.05, 3.63) is 29.3 Å². The molecule has 6 heteroatoms. The number of anilines is 1. The number of alkyl halides is 3. The number of nitrogens with one attached hydrogen (secondary N) is 1. The number of benzene rings is 1. The van der Waals surface area contributed by atoms with Gasteiger partial charge in [0.05, 0.1) is 5.56 Å². The second kappa shape index (κ2) is 6.06. The van der Waals surface area contributed by atoms with Crippen LogP contribution >= 0.6 is 0 Å². The molecule has 0 aliphatic heterocycles. The molecule has 3 nitrogen and oxygen atoms in total. The van der Waals surface area contributed by atoms with Crippen LogP contribution in [0.25, 0.3) is 0 Å². The lowest BCUT2D eigenvalue weighted by Gasteiger charge is -2.13. The van der Waals surface area contributed by atoms with Crippen LogP contribution in [-0.4, -0.2) is 11.9 Å². The van der Waals surface area contributed by atoms with Crippen molar-refractivity contribution >= 4 is 11.6 Å². The van der Waals surface area contributed by atoms with Gasteiger partial charge in [0.25, 0.3) is 0 Å². The van der Waals surface area contributed by atoms with Gasteiger partial charge >= 0.3 is 6.18 Å². The Bertz CT molecular complexity index is 456. The maximum Gasteiger partial charge on any atom is 0.416 e. The molecule has 19 heavy (non-hydrogen) atoms. The Morgan fingerprint density at radius 1 is 1.42 bits per heavy atom. The first-order valence-electron chi connectivity index (χ1n) is 5.93. The molecule has 0 heterocycles. The average molecular weight is 274 g/mol. The summed E-state index contributed by atoms with van der Waals surface area (Å²) in [7, 11) is 0. The highest BCUT2D eigenvalue weighted by molar-refractivity contribution is 5.91. The summed E-state index contributed by atoms with van der Waals surface area (Å²) in [5.74, 6) is -0.334. The standard InChI is InChI=1S/C13H17F3N2O/c1-8-3-5-10(13(14,15)16)7-11(8)18-12(19)6-4-9(2)17/h3,5,7,9H,4,6,17H2,1-2H3,(H,18,19). The Morgan fingerprint density at radius 3 is 2.58 bits per heavy atom. The van der Waals surface area contributed by atoms with E-state index in [0.29, 0.717) is 12.0 Å². The number of amides is 1. The van der Waals surface area contributed by atoms with Crippen molar-refractivity contribution in [1.82, 2.24) is 0 Å². The Balaban J connectivity index is 2.80. The van der Waals surface area contributed by atoms with Crippen molar-refractivity contribution in [1.29, 1.82) is 0 Å². The van der Waals surface area contributed by atoms with Gasteiger partial charge in [0.15, 0.2) is 0 Å². The highest BCUT2D eigenvalue weighted by Crippen LogP contribution is 2.32. The lowest BCUT2D eigenvalue weighted by molar-refractivity contribution is -0.137. The molecular formula is C13H17F3N2O. The van der Waals surface area contributed by atoms with E-state index in [-0.39, 0.29) is 24.1 Å². The molecule has 0 radical (unpaired) electrons. The van der Waals surface area contributed by atoms with Crippen LogP contribution < -0.4 is 11.1 Å². The number of carbonyl (C=O) groups excluding carboxylic acids is 1. The van der Waals surface area contributed by atoms with Crippen LogP contribution in [0.4, 0.5) is 18.9 Å². The van der Waals surface area contributed by atoms with Gasteiger partial charge in [-0.1, -0.05) is 6.07 Å². The Labute approximate surface area is 110 Å². The molecule has 0 bridgehead atoms. The normalized spacial score (nSPS) is 13.2. The van der Waals surface area contributed by atoms with Crippen molar-refractivity contribution in [2.45, 2.75) is 38.9 Å². The fourth-order valence-corrected chi connectivity index (χ4v) is 1.50. The van der Waals surface area contributed by atoms with Crippen LogP contribution in [0.3, 0.4) is 0 Å². The van der Waals surface area contributed by atoms with Crippen LogP contribution in [-0.2, 0) is 11.0 Å². The summed E-state index contributed by atoms with van der Waals surface area (Å²) in [5, 5.41) is 2.48. The van der Waals surface area contributed by atoms with Crippen LogP contribution in [0.15, 0.2) is 18.2 Å². The van der Waals surface area contributed by atoms with Crippen molar-refractivity contribution < 1.29 is 18.0 Å². The smallest absolute Gasteiger partial charge is 0.328 e. The number of hydrogen-bond acceptors (Lipinski definition) is 2. The van der Waals surface area contributed by atoms with Crippen molar-refractivity contribution in [2.24, 2.45) is 5.73 Å². The molecule has 0 aliphatic carbocycles. The molecule has 0 aromatic heterocycles. The predicted octanol–water partition coefficient (Wildman–Crippen LogP) is 3.08. The molecule has 1 atom stereocenters. The highest BCUT2D eigenvalue weighted by atomic mass is 19.4. The quantitative estimate of drug-likeness (QED) is 0.886. The van der Waals surface area contributed by atoms with Gasteiger partial charge in [-0.15, -0.1) is 0 Å². The van der Waals surface area contributed by atoms with Gasteiger partial charge in [-0.3, -0.25) is 4.79 Å². The minimum Gasteiger partial charge on any atom is -0.328 e. The number of carbonyl (C=O) groups is 1. The summed E-state index contributed by atoms with van der Waals surface area (Å²) >= 11 is 0. The van der Waals surface area contributed by atoms with Crippen molar-refractivity contribution in [3.8, 4) is 0 Å². The first kappa shape index (κ1) is 15.5. The predicted molar refractivity (Wildman–Crippen MR) is 67.7 cm³/mol. The molecule has 0 saturated heterocycles. The summed E-state index contributed by atoms with van der Waals surface area (Å²) in [6.45, 7) is 3.41. The topological polar surface area (TPSA) is 55.1 Å². The maximum absolute atomic E-state index is 12.6. The summed E-state index contributed by atoms with van der Waals surface area (Å²) in [4.78, 5) is 11.6. The summed E-state index contributed by atoms with van der Waals surface area (Å²) < 4.78 is 37.7. The molecule has 3 N–H and O–H groups in total. The third kappa shape index (κ3) is 4.90. The third-order valence-corrected chi connectivity index (χ3v) is 2.67. The number of rotatable bonds is 4. The van der Waals surface area contributed by atoms with Gasteiger partial charge in [-0.2, -0.15) is 13.2 Å². The molecular weight excluding hydrogens is 257 g/mol. The second-order valence-corrected chi connectivity index (χ2v) is 4.59. The van der Waals surface area contributed by atoms with E-state index in [1.807, 2.05) is 0 Å². The van der Waals surface area contributed by atoms with Crippen LogP contribution in [0.5, 0.6) is 0 Å². The number of hydrogen-bond donors (Lipinski definition) is 2. The number of aryl methyl sites for hydroxylation is 1. The average Bonchev–Trinajstić information content (AvgIpc) is 2.28. The third-order valence-electron chi connectivity index (χ3n) is 2.67. The molecule has 1 rings (SSSR count). The van der Waals surface area contributed by atoms with E-state index < -0.39 is 11.7 Å². The molecule has 1 unspecified atom stereocenters. The van der Waals surface area contributed by atoms with Gasteiger partial charge < -0.3 is 11.1 Å². The zero-order valence-corrected chi connectivity index (χ0v) is 10.8. The molecule has 0 spiro atoms. The molecule has 1 aromatic carbocycles. The van der Waals surface area contributed by atoms with E-state index in [1.54, 1.807) is 13.8 Å². The Kier molecular flexibility index (Phi) is 4.94. The van der Waals surface area contributed by atoms with E-state index in [9.17, 15) is 18.0 Å². The molecule has 0 fully saturated rings. The lowest BCUT2D eigenvalue weighted by atomic mass is 10.1. The molecule has 1 amide bonds. The van der Waals surface area contributed by atoms with E-state index in [4.69, 9.17) is 5.73 Å². The first-order valence-corrected chi connectivity index (χ1v) is 5.93. The number of nitrogens with two attached hydrogens (primary N) is 1. The largest absolute Gasteiger partial charge is 0.416 e. The second-order valence-electron chi connectivity index (χ2n) is 4.59. The van der Waals surface area contributed by atoms with Gasteiger partial charge in [0, 0.05) is 18.2 Å². The molecule has 0 saturated carbocycles. The lowest BCUT2D eigenvalue weighted by Crippen LogP contribution is -2.20. The first-order chi connectivity index (χ1) is 8.70. The van der Waals surface area contributed by atoms with E-state index >= 15 is 0 Å². The Hall–Kier alpha value is -1.56. The van der Waals surface area contributed by atoms with Gasteiger partial charge in [0.2, 0.25) is 5.91 Å². The monoisotopic (exact) mass is 274 g/mol. The molecule has 106 valence electrons. The van der Waals surface area contributed by atoms with Gasteiger partial charge in [0.1, 0.15) is 0 Å². The summed E-state index contributed by atoms with van der Waals surface area (Å²) in [6.07, 6.45) is -3.74. The fourth-order valence-electron chi connectivity index (χ4n) is 1.50. The minimum atomic E-state index is -4.42. The Morgan fingerprint density at radius 2 is 2.05 bits per heavy atom. The van der Waals surface area contributed by atoms with E-state index in [1.165, 1.54) is 6.07 Å². The summed E-state index contributed by atoms with van der Waals surface area (Å²) in [5.41, 5.74) is 5.51. The minimum absolute atomic E-state index is 0.117. The van der Waals surface area contributed by atoms with Crippen LogP contribution in [0.1, 0.15) is 30.9 Å². The van der Waals surface area contributed by atoms with Crippen molar-refractivity contribution in [2.75, 3.05) is 5.32 Å². The molecule has 0 aliphatic rings. The van der Waals surface area contributed by atoms with Crippen LogP contribution in [0, 0.1) is 6.92 Å². The van der Waals surface area contributed by atoms with Crippen molar-refractivity contribution in [3.63, 3.8) is 0 Å². The van der Waals surface area contributed by atoms with Gasteiger partial charge in [-0.05, 0) is 38.0 Å². The fraction of sp³-hybridized carbons (Fsp3) is 0.462. The van der Waals surface area contributed by atoms with Gasteiger partial charge in [-0.25, -0.2) is 0 Å². The maximum atomic E-state index is 12.6. The summed E-state index contributed by atoms with van der Waals surface area (Å²) in [6, 6.07) is 3.16. The zero-order valence-electron chi connectivity index (χ0n) is 10.8. The van der Waals surface area contributed by atoms with Crippen LogP contribution in [0.2, 0.25) is 0 Å².